The number of imidazole rings is 1. The monoisotopic (exact) mass is 401 g/mol. The van der Waals surface area contributed by atoms with Gasteiger partial charge in [0.15, 0.2) is 0 Å². The number of benzene rings is 2. The van der Waals surface area contributed by atoms with Crippen molar-refractivity contribution in [1.82, 2.24) is 14.5 Å². The van der Waals surface area contributed by atoms with Gasteiger partial charge in [-0.05, 0) is 61.8 Å². The Labute approximate surface area is 179 Å². The molecule has 0 radical (unpaired) electrons. The SMILES string of the molecule is CN(C)c1ccc(C=CC=Nc2nc3ccccc3n2CCN2CCCCC2)cc1. The maximum absolute atomic E-state index is 4.76. The highest BCUT2D eigenvalue weighted by Crippen LogP contribution is 2.22. The summed E-state index contributed by atoms with van der Waals surface area (Å²) >= 11 is 0. The highest BCUT2D eigenvalue weighted by atomic mass is 15.2. The molecule has 0 atom stereocenters. The average Bonchev–Trinajstić information content (AvgIpc) is 3.13. The molecule has 3 aromatic rings. The summed E-state index contributed by atoms with van der Waals surface area (Å²) in [6, 6.07) is 16.8. The van der Waals surface area contributed by atoms with E-state index in [-0.39, 0.29) is 0 Å². The maximum atomic E-state index is 4.76. The summed E-state index contributed by atoms with van der Waals surface area (Å²) in [6.45, 7) is 4.39. The fourth-order valence-corrected chi connectivity index (χ4v) is 3.95. The molecule has 0 spiro atoms. The molecule has 1 aliphatic rings. The van der Waals surface area contributed by atoms with Crippen molar-refractivity contribution in [3.8, 4) is 0 Å². The van der Waals surface area contributed by atoms with Crippen molar-refractivity contribution in [2.24, 2.45) is 4.99 Å². The van der Waals surface area contributed by atoms with E-state index in [4.69, 9.17) is 4.98 Å². The zero-order valence-electron chi connectivity index (χ0n) is 18.0. The highest BCUT2D eigenvalue weighted by molar-refractivity contribution is 5.82. The Morgan fingerprint density at radius 1 is 0.967 bits per heavy atom. The van der Waals surface area contributed by atoms with E-state index in [1.165, 1.54) is 38.0 Å². The normalized spacial score (nSPS) is 15.5. The summed E-state index contributed by atoms with van der Waals surface area (Å²) in [4.78, 5) is 14.1. The van der Waals surface area contributed by atoms with Gasteiger partial charge in [0.25, 0.3) is 0 Å². The molecule has 1 saturated heterocycles. The molecule has 2 aromatic carbocycles. The first kappa shape index (κ1) is 20.4. The van der Waals surface area contributed by atoms with Gasteiger partial charge in [0.1, 0.15) is 0 Å². The topological polar surface area (TPSA) is 36.7 Å². The molecule has 1 fully saturated rings. The molecule has 2 heterocycles. The van der Waals surface area contributed by atoms with Crippen molar-refractivity contribution >= 4 is 35.0 Å². The number of piperidine rings is 1. The molecule has 0 aliphatic carbocycles. The van der Waals surface area contributed by atoms with Crippen molar-refractivity contribution in [1.29, 1.82) is 0 Å². The van der Waals surface area contributed by atoms with Gasteiger partial charge in [-0.1, -0.05) is 36.8 Å². The van der Waals surface area contributed by atoms with Crippen LogP contribution in [-0.4, -0.2) is 54.4 Å². The Bertz CT molecular complexity index is 1010. The summed E-state index contributed by atoms with van der Waals surface area (Å²) in [7, 11) is 4.10. The molecular formula is C25H31N5. The van der Waals surface area contributed by atoms with E-state index >= 15 is 0 Å². The van der Waals surface area contributed by atoms with Crippen LogP contribution in [0.5, 0.6) is 0 Å². The molecule has 156 valence electrons. The lowest BCUT2D eigenvalue weighted by Crippen LogP contribution is -2.32. The van der Waals surface area contributed by atoms with Crippen molar-refractivity contribution < 1.29 is 0 Å². The van der Waals surface area contributed by atoms with E-state index in [0.717, 1.165) is 35.6 Å². The number of hydrogen-bond donors (Lipinski definition) is 0. The fraction of sp³-hybridized carbons (Fsp3) is 0.360. The number of aromatic nitrogens is 2. The molecular weight excluding hydrogens is 370 g/mol. The Balaban J connectivity index is 1.48. The van der Waals surface area contributed by atoms with Crippen LogP contribution in [0.4, 0.5) is 11.6 Å². The first-order chi connectivity index (χ1) is 14.7. The quantitative estimate of drug-likeness (QED) is 0.523. The van der Waals surface area contributed by atoms with Gasteiger partial charge in [-0.25, -0.2) is 9.98 Å². The van der Waals surface area contributed by atoms with E-state index in [2.05, 4.69) is 82.0 Å². The minimum atomic E-state index is 0.779. The van der Waals surface area contributed by atoms with E-state index in [9.17, 15) is 0 Å². The first-order valence-electron chi connectivity index (χ1n) is 10.9. The molecule has 0 amide bonds. The van der Waals surface area contributed by atoms with Gasteiger partial charge < -0.3 is 14.4 Å². The van der Waals surface area contributed by atoms with Crippen LogP contribution < -0.4 is 4.90 Å². The molecule has 30 heavy (non-hydrogen) atoms. The standard InChI is InChI=1S/C25H31N5/c1-28(2)22-14-12-21(13-15-22)9-8-16-26-25-27-23-10-4-5-11-24(23)30(25)20-19-29-17-6-3-7-18-29/h4-5,8-16H,3,6-7,17-20H2,1-2H3. The lowest BCUT2D eigenvalue weighted by Gasteiger charge is -2.26. The summed E-state index contributed by atoms with van der Waals surface area (Å²) in [5.41, 5.74) is 4.52. The van der Waals surface area contributed by atoms with Crippen LogP contribution in [0.15, 0.2) is 59.6 Å². The molecule has 0 unspecified atom stereocenters. The zero-order chi connectivity index (χ0) is 20.8. The third-order valence-corrected chi connectivity index (χ3v) is 5.70. The minimum absolute atomic E-state index is 0.779. The Morgan fingerprint density at radius 2 is 1.73 bits per heavy atom. The lowest BCUT2D eigenvalue weighted by atomic mass is 10.1. The van der Waals surface area contributed by atoms with Gasteiger partial charge in [-0.2, -0.15) is 0 Å². The molecule has 4 rings (SSSR count). The number of rotatable bonds is 7. The third kappa shape index (κ3) is 4.97. The van der Waals surface area contributed by atoms with Gasteiger partial charge >= 0.3 is 0 Å². The maximum Gasteiger partial charge on any atom is 0.230 e. The van der Waals surface area contributed by atoms with E-state index < -0.39 is 0 Å². The molecule has 5 nitrogen and oxygen atoms in total. The number of anilines is 1. The zero-order valence-corrected chi connectivity index (χ0v) is 18.0. The highest BCUT2D eigenvalue weighted by Gasteiger charge is 2.13. The second-order valence-corrected chi connectivity index (χ2v) is 8.08. The van der Waals surface area contributed by atoms with Gasteiger partial charge in [0.05, 0.1) is 11.0 Å². The van der Waals surface area contributed by atoms with Crippen molar-refractivity contribution in [3.05, 3.63) is 60.2 Å². The lowest BCUT2D eigenvalue weighted by molar-refractivity contribution is 0.222. The summed E-state index contributed by atoms with van der Waals surface area (Å²) in [5, 5.41) is 0. The van der Waals surface area contributed by atoms with Crippen LogP contribution in [0.3, 0.4) is 0 Å². The summed E-state index contributed by atoms with van der Waals surface area (Å²) in [5.74, 6) is 0.779. The molecule has 0 N–H and O–H groups in total. The second kappa shape index (κ2) is 9.72. The predicted octanol–water partition coefficient (Wildman–Crippen LogP) is 5.00. The molecule has 0 saturated carbocycles. The third-order valence-electron chi connectivity index (χ3n) is 5.70. The van der Waals surface area contributed by atoms with Gasteiger partial charge in [-0.3, -0.25) is 0 Å². The molecule has 1 aromatic heterocycles. The van der Waals surface area contributed by atoms with Crippen molar-refractivity contribution in [2.45, 2.75) is 25.8 Å². The van der Waals surface area contributed by atoms with Crippen LogP contribution in [0.2, 0.25) is 0 Å². The van der Waals surface area contributed by atoms with Crippen LogP contribution >= 0.6 is 0 Å². The van der Waals surface area contributed by atoms with Gasteiger partial charge in [-0.15, -0.1) is 0 Å². The van der Waals surface area contributed by atoms with E-state index in [1.807, 2.05) is 18.4 Å². The first-order valence-corrected chi connectivity index (χ1v) is 10.9. The second-order valence-electron chi connectivity index (χ2n) is 8.08. The Kier molecular flexibility index (Phi) is 6.60. The minimum Gasteiger partial charge on any atom is -0.378 e. The largest absolute Gasteiger partial charge is 0.378 e. The molecule has 5 heteroatoms. The van der Waals surface area contributed by atoms with Crippen LogP contribution in [0, 0.1) is 0 Å². The van der Waals surface area contributed by atoms with Crippen molar-refractivity contribution in [3.63, 3.8) is 0 Å². The number of aliphatic imine (C=N–C) groups is 1. The molecule has 1 aliphatic heterocycles. The molecule has 0 bridgehead atoms. The van der Waals surface area contributed by atoms with E-state index in [0.29, 0.717) is 0 Å². The number of fused-ring (bicyclic) bond motifs is 1. The Morgan fingerprint density at radius 3 is 2.50 bits per heavy atom. The fourth-order valence-electron chi connectivity index (χ4n) is 3.95. The average molecular weight is 402 g/mol. The van der Waals surface area contributed by atoms with Crippen LogP contribution in [-0.2, 0) is 6.54 Å². The van der Waals surface area contributed by atoms with Crippen LogP contribution in [0.25, 0.3) is 17.1 Å². The number of likely N-dealkylation sites (tertiary alicyclic amines) is 1. The number of hydrogen-bond acceptors (Lipinski definition) is 4. The van der Waals surface area contributed by atoms with Gasteiger partial charge in [0, 0.05) is 39.1 Å². The summed E-state index contributed by atoms with van der Waals surface area (Å²) < 4.78 is 2.25. The van der Waals surface area contributed by atoms with Crippen molar-refractivity contribution in [2.75, 3.05) is 38.6 Å². The number of nitrogens with zero attached hydrogens (tertiary/aromatic N) is 5. The summed E-state index contributed by atoms with van der Waals surface area (Å²) in [6.07, 6.45) is 9.90. The van der Waals surface area contributed by atoms with E-state index in [1.54, 1.807) is 0 Å². The van der Waals surface area contributed by atoms with Gasteiger partial charge in [0.2, 0.25) is 5.95 Å². The van der Waals surface area contributed by atoms with Crippen LogP contribution in [0.1, 0.15) is 24.8 Å². The number of para-hydroxylation sites is 2. The smallest absolute Gasteiger partial charge is 0.230 e. The predicted molar refractivity (Wildman–Crippen MR) is 128 cm³/mol. The Hall–Kier alpha value is -2.92. The number of allylic oxidation sites excluding steroid dienone is 1.